The van der Waals surface area contributed by atoms with E-state index in [1.54, 1.807) is 12.5 Å². The van der Waals surface area contributed by atoms with Crippen LogP contribution in [0.1, 0.15) is 29.1 Å². The van der Waals surface area contributed by atoms with Crippen molar-refractivity contribution in [1.82, 2.24) is 14.5 Å². The summed E-state index contributed by atoms with van der Waals surface area (Å²) < 4.78 is 13.6. The Kier molecular flexibility index (Phi) is 6.18. The van der Waals surface area contributed by atoms with Gasteiger partial charge in [-0.05, 0) is 36.1 Å². The maximum Gasteiger partial charge on any atom is 0.218 e. The lowest BCUT2D eigenvalue weighted by Crippen LogP contribution is -2.01. The molecule has 0 fully saturated rings. The summed E-state index contributed by atoms with van der Waals surface area (Å²) in [6.45, 7) is 1.32. The highest BCUT2D eigenvalue weighted by Crippen LogP contribution is 2.21. The van der Waals surface area contributed by atoms with Crippen molar-refractivity contribution in [2.75, 3.05) is 0 Å². The molecule has 0 radical (unpaired) electrons. The predicted octanol–water partition coefficient (Wildman–Crippen LogP) is 5.25. The fourth-order valence-corrected chi connectivity index (χ4v) is 3.07. The second kappa shape index (κ2) is 9.55. The molecule has 0 spiro atoms. The van der Waals surface area contributed by atoms with E-state index in [4.69, 9.17) is 9.15 Å². The van der Waals surface area contributed by atoms with Gasteiger partial charge in [0.05, 0.1) is 6.33 Å². The minimum absolute atomic E-state index is 0.376. The van der Waals surface area contributed by atoms with E-state index >= 15 is 0 Å². The normalized spacial score (nSPS) is 11.2. The fourth-order valence-electron chi connectivity index (χ4n) is 3.07. The Bertz CT molecular complexity index is 1040. The SMILES string of the molecule is C(=Cc1nc(COc2ccccc2CCCn2ccnc2)co1)c1ccccc1. The Morgan fingerprint density at radius 1 is 1.00 bits per heavy atom. The van der Waals surface area contributed by atoms with Gasteiger partial charge in [0, 0.05) is 25.0 Å². The van der Waals surface area contributed by atoms with Crippen LogP contribution in [0.5, 0.6) is 5.75 Å². The van der Waals surface area contributed by atoms with E-state index in [1.165, 1.54) is 5.56 Å². The molecule has 5 nitrogen and oxygen atoms in total. The molecule has 146 valence electrons. The van der Waals surface area contributed by atoms with Crippen LogP contribution < -0.4 is 4.74 Å². The van der Waals surface area contributed by atoms with Crippen molar-refractivity contribution < 1.29 is 9.15 Å². The number of imidazole rings is 1. The molecule has 29 heavy (non-hydrogen) atoms. The summed E-state index contributed by atoms with van der Waals surface area (Å²) in [5.74, 6) is 1.46. The molecule has 0 N–H and O–H groups in total. The summed E-state index contributed by atoms with van der Waals surface area (Å²) in [7, 11) is 0. The number of aromatic nitrogens is 3. The molecule has 0 saturated carbocycles. The Morgan fingerprint density at radius 2 is 1.86 bits per heavy atom. The molecule has 4 rings (SSSR count). The van der Waals surface area contributed by atoms with Crippen LogP contribution >= 0.6 is 0 Å². The van der Waals surface area contributed by atoms with Crippen molar-refractivity contribution >= 4 is 12.2 Å². The number of nitrogens with zero attached hydrogens (tertiary/aromatic N) is 3. The molecule has 2 aromatic carbocycles. The Hall–Kier alpha value is -3.60. The number of hydrogen-bond acceptors (Lipinski definition) is 4. The Morgan fingerprint density at radius 3 is 2.72 bits per heavy atom. The van der Waals surface area contributed by atoms with Crippen molar-refractivity contribution in [3.8, 4) is 5.75 Å². The van der Waals surface area contributed by atoms with E-state index in [0.717, 1.165) is 36.4 Å². The number of rotatable bonds is 9. The van der Waals surface area contributed by atoms with Crippen LogP contribution in [0.2, 0.25) is 0 Å². The molecule has 2 heterocycles. The van der Waals surface area contributed by atoms with Crippen LogP contribution in [0.25, 0.3) is 12.2 Å². The molecular weight excluding hydrogens is 362 g/mol. The molecule has 0 atom stereocenters. The number of para-hydroxylation sites is 1. The van der Waals surface area contributed by atoms with Crippen LogP contribution in [0.3, 0.4) is 0 Å². The smallest absolute Gasteiger partial charge is 0.218 e. The first-order valence-corrected chi connectivity index (χ1v) is 9.71. The maximum absolute atomic E-state index is 6.02. The number of aryl methyl sites for hydroxylation is 2. The zero-order chi connectivity index (χ0) is 19.7. The first-order chi connectivity index (χ1) is 14.4. The summed E-state index contributed by atoms with van der Waals surface area (Å²) in [5.41, 5.74) is 3.07. The third-order valence-corrected chi connectivity index (χ3v) is 4.56. The summed E-state index contributed by atoms with van der Waals surface area (Å²) in [5, 5.41) is 0. The lowest BCUT2D eigenvalue weighted by molar-refractivity contribution is 0.297. The van der Waals surface area contributed by atoms with Crippen molar-refractivity contribution in [3.05, 3.63) is 102 Å². The zero-order valence-electron chi connectivity index (χ0n) is 16.1. The fraction of sp³-hybridized carbons (Fsp3) is 0.167. The lowest BCUT2D eigenvalue weighted by Gasteiger charge is -2.10. The summed E-state index contributed by atoms with van der Waals surface area (Å²) in [6.07, 6.45) is 13.1. The van der Waals surface area contributed by atoms with E-state index in [0.29, 0.717) is 12.5 Å². The van der Waals surface area contributed by atoms with Gasteiger partial charge in [0.2, 0.25) is 5.89 Å². The van der Waals surface area contributed by atoms with Crippen molar-refractivity contribution in [2.24, 2.45) is 0 Å². The van der Waals surface area contributed by atoms with E-state index in [2.05, 4.69) is 20.6 Å². The second-order valence-corrected chi connectivity index (χ2v) is 6.72. The van der Waals surface area contributed by atoms with Gasteiger partial charge < -0.3 is 13.7 Å². The minimum Gasteiger partial charge on any atom is -0.487 e. The number of ether oxygens (including phenoxy) is 1. The minimum atomic E-state index is 0.376. The molecule has 0 aliphatic rings. The van der Waals surface area contributed by atoms with Gasteiger partial charge in [-0.25, -0.2) is 9.97 Å². The standard InChI is InChI=1S/C24H23N3O2/c1-2-7-20(8-3-1)12-13-24-26-22(18-29-24)17-28-23-11-5-4-9-21(23)10-6-15-27-16-14-25-19-27/h1-5,7-9,11-14,16,18-19H,6,10,15,17H2. The molecule has 2 aromatic heterocycles. The average Bonchev–Trinajstić information content (AvgIpc) is 3.44. The van der Waals surface area contributed by atoms with Gasteiger partial charge in [-0.1, -0.05) is 48.5 Å². The van der Waals surface area contributed by atoms with Gasteiger partial charge in [-0.3, -0.25) is 0 Å². The van der Waals surface area contributed by atoms with Crippen LogP contribution in [0.15, 0.2) is 84.0 Å². The third-order valence-electron chi connectivity index (χ3n) is 4.56. The molecule has 0 aliphatic carbocycles. The highest BCUT2D eigenvalue weighted by atomic mass is 16.5. The molecule has 4 aromatic rings. The molecule has 0 aliphatic heterocycles. The first kappa shape index (κ1) is 18.7. The van der Waals surface area contributed by atoms with E-state index in [9.17, 15) is 0 Å². The van der Waals surface area contributed by atoms with Crippen molar-refractivity contribution in [3.63, 3.8) is 0 Å². The number of hydrogen-bond donors (Lipinski definition) is 0. The average molecular weight is 385 g/mol. The summed E-state index contributed by atoms with van der Waals surface area (Å²) >= 11 is 0. The lowest BCUT2D eigenvalue weighted by atomic mass is 10.1. The van der Waals surface area contributed by atoms with E-state index < -0.39 is 0 Å². The van der Waals surface area contributed by atoms with E-state index in [1.807, 2.05) is 73.2 Å². The molecule has 0 unspecified atom stereocenters. The molecular formula is C24H23N3O2. The molecule has 0 bridgehead atoms. The van der Waals surface area contributed by atoms with Gasteiger partial charge in [0.25, 0.3) is 0 Å². The van der Waals surface area contributed by atoms with Gasteiger partial charge in [0.1, 0.15) is 24.3 Å². The van der Waals surface area contributed by atoms with Crippen LogP contribution in [0.4, 0.5) is 0 Å². The van der Waals surface area contributed by atoms with Crippen LogP contribution in [-0.4, -0.2) is 14.5 Å². The highest BCUT2D eigenvalue weighted by molar-refractivity contribution is 5.65. The summed E-state index contributed by atoms with van der Waals surface area (Å²) in [4.78, 5) is 8.56. The van der Waals surface area contributed by atoms with Crippen molar-refractivity contribution in [1.29, 1.82) is 0 Å². The third kappa shape index (κ3) is 5.45. The van der Waals surface area contributed by atoms with E-state index in [-0.39, 0.29) is 0 Å². The maximum atomic E-state index is 6.02. The molecule has 5 heteroatoms. The molecule has 0 saturated heterocycles. The predicted molar refractivity (Wildman–Crippen MR) is 113 cm³/mol. The van der Waals surface area contributed by atoms with Gasteiger partial charge in [-0.2, -0.15) is 0 Å². The monoisotopic (exact) mass is 385 g/mol. The largest absolute Gasteiger partial charge is 0.487 e. The Balaban J connectivity index is 1.32. The summed E-state index contributed by atoms with van der Waals surface area (Å²) in [6, 6.07) is 18.2. The Labute approximate surface area is 170 Å². The van der Waals surface area contributed by atoms with Gasteiger partial charge in [0.15, 0.2) is 0 Å². The highest BCUT2D eigenvalue weighted by Gasteiger charge is 2.06. The van der Waals surface area contributed by atoms with Crippen molar-refractivity contribution in [2.45, 2.75) is 26.0 Å². The van der Waals surface area contributed by atoms with Crippen LogP contribution in [-0.2, 0) is 19.6 Å². The number of benzene rings is 2. The topological polar surface area (TPSA) is 53.1 Å². The first-order valence-electron chi connectivity index (χ1n) is 9.71. The van der Waals surface area contributed by atoms with Gasteiger partial charge in [-0.15, -0.1) is 0 Å². The second-order valence-electron chi connectivity index (χ2n) is 6.72. The zero-order valence-corrected chi connectivity index (χ0v) is 16.1. The quantitative estimate of drug-likeness (QED) is 0.395. The number of oxazole rings is 1. The van der Waals surface area contributed by atoms with Gasteiger partial charge >= 0.3 is 0 Å². The van der Waals surface area contributed by atoms with Crippen LogP contribution in [0, 0.1) is 0 Å². The molecule has 0 amide bonds.